The number of alkyl halides is 2. The highest BCUT2D eigenvalue weighted by molar-refractivity contribution is 7.14. The van der Waals surface area contributed by atoms with Gasteiger partial charge in [0.05, 0.1) is 17.0 Å². The third kappa shape index (κ3) is 9.39. The van der Waals surface area contributed by atoms with Crippen molar-refractivity contribution in [2.45, 2.75) is 70.4 Å². The van der Waals surface area contributed by atoms with Crippen LogP contribution in [-0.4, -0.2) is 60.5 Å². The van der Waals surface area contributed by atoms with Crippen LogP contribution in [0.1, 0.15) is 75.5 Å². The molecular formula is C38H39Cl2F2N3O7S. The van der Waals surface area contributed by atoms with Gasteiger partial charge in [0.1, 0.15) is 22.2 Å². The second kappa shape index (κ2) is 17.0. The number of benzene rings is 2. The van der Waals surface area contributed by atoms with Crippen molar-refractivity contribution in [1.29, 1.82) is 0 Å². The summed E-state index contributed by atoms with van der Waals surface area (Å²) in [6.07, 6.45) is 3.89. The zero-order chi connectivity index (χ0) is 37.8. The van der Waals surface area contributed by atoms with Crippen LogP contribution < -0.4 is 24.6 Å². The van der Waals surface area contributed by atoms with Crippen molar-refractivity contribution in [1.82, 2.24) is 10.2 Å². The largest absolute Gasteiger partial charge is 0.544 e. The molecule has 10 nitrogen and oxygen atoms in total. The van der Waals surface area contributed by atoms with Crippen molar-refractivity contribution < 1.29 is 47.6 Å². The molecule has 0 saturated carbocycles. The number of carbonyl (C=O) groups is 2. The number of pyridine rings is 1. The number of halogens is 4. The van der Waals surface area contributed by atoms with E-state index >= 15 is 0 Å². The number of aromatic carboxylic acids is 1. The van der Waals surface area contributed by atoms with Gasteiger partial charge in [0.25, 0.3) is 0 Å². The molecule has 7 rings (SSSR count). The molecule has 3 aliphatic heterocycles. The lowest BCUT2D eigenvalue weighted by molar-refractivity contribution is -0.904. The lowest BCUT2D eigenvalue weighted by Gasteiger charge is -2.44. The van der Waals surface area contributed by atoms with Crippen LogP contribution in [0.2, 0.25) is 10.0 Å². The van der Waals surface area contributed by atoms with Gasteiger partial charge < -0.3 is 24.1 Å². The number of rotatable bonds is 15. The lowest BCUT2D eigenvalue weighted by Crippen LogP contribution is -2.52. The molecule has 2 aromatic heterocycles. The molecule has 3 aliphatic rings. The van der Waals surface area contributed by atoms with Crippen molar-refractivity contribution in [3.05, 3.63) is 109 Å². The van der Waals surface area contributed by atoms with E-state index in [2.05, 4.69) is 10.2 Å². The number of thiophene rings is 1. The highest BCUT2D eigenvalue weighted by Gasteiger charge is 2.38. The Morgan fingerprint density at radius 3 is 2.32 bits per heavy atom. The van der Waals surface area contributed by atoms with Crippen LogP contribution in [0.3, 0.4) is 0 Å². The minimum Gasteiger partial charge on any atom is -0.544 e. The van der Waals surface area contributed by atoms with Gasteiger partial charge in [-0.25, -0.2) is 4.79 Å². The number of ether oxygens (including phenoxy) is 3. The number of piperidine rings is 3. The summed E-state index contributed by atoms with van der Waals surface area (Å²) < 4.78 is 44.0. The number of esters is 1. The molecule has 0 amide bonds. The van der Waals surface area contributed by atoms with E-state index in [1.807, 2.05) is 30.3 Å². The third-order valence-corrected chi connectivity index (χ3v) is 11.3. The summed E-state index contributed by atoms with van der Waals surface area (Å²) in [6.45, 7) is 3.17. The number of nitrogens with one attached hydrogen (secondary N) is 1. The fraction of sp³-hybridized carbons (Fsp3) is 0.395. The molecule has 5 heterocycles. The average molecular weight is 791 g/mol. The van der Waals surface area contributed by atoms with E-state index in [0.29, 0.717) is 44.3 Å². The first-order valence-electron chi connectivity index (χ1n) is 17.2. The maximum atomic E-state index is 13.8. The van der Waals surface area contributed by atoms with Gasteiger partial charge in [-0.3, -0.25) is 15.4 Å². The Morgan fingerprint density at radius 1 is 1.02 bits per heavy atom. The highest BCUT2D eigenvalue weighted by atomic mass is 35.5. The number of hydrogen-bond acceptors (Lipinski definition) is 10. The number of nitrogens with zero attached hydrogens (tertiary/aromatic N) is 2. The van der Waals surface area contributed by atoms with Crippen molar-refractivity contribution in [2.75, 3.05) is 19.6 Å². The molecule has 0 spiro atoms. The fourth-order valence-corrected chi connectivity index (χ4v) is 8.65. The molecule has 0 aliphatic carbocycles. The molecule has 2 bridgehead atoms. The fourth-order valence-electron chi connectivity index (χ4n) is 7.04. The molecule has 3 fully saturated rings. The predicted molar refractivity (Wildman–Crippen MR) is 192 cm³/mol. The van der Waals surface area contributed by atoms with Gasteiger partial charge in [-0.2, -0.15) is 8.78 Å². The maximum absolute atomic E-state index is 13.8. The topological polar surface area (TPSA) is 124 Å². The van der Waals surface area contributed by atoms with Crippen LogP contribution in [0, 0.1) is 5.92 Å². The first-order valence-corrected chi connectivity index (χ1v) is 18.8. The van der Waals surface area contributed by atoms with E-state index in [4.69, 9.17) is 37.4 Å². The van der Waals surface area contributed by atoms with Crippen molar-refractivity contribution >= 4 is 46.5 Å². The molecule has 2 N–H and O–H groups in total. The molecule has 53 heavy (non-hydrogen) atoms. The van der Waals surface area contributed by atoms with Crippen LogP contribution in [0.4, 0.5) is 8.78 Å². The minimum atomic E-state index is -3.11. The summed E-state index contributed by atoms with van der Waals surface area (Å²) in [5, 5.41) is 26.3. The molecule has 15 heteroatoms. The maximum Gasteiger partial charge on any atom is 0.387 e. The number of carbonyl (C=O) groups excluding carboxylic acids is 2. The molecule has 3 atom stereocenters. The van der Waals surface area contributed by atoms with Crippen LogP contribution in [0.5, 0.6) is 11.5 Å². The SMILES string of the molecule is CC(C)Oc1cc([C@H](Cc2c(Cl)c[n+](O)cc2Cl)c2cc(CNC(C(=O)O[C@H]3CN4CCC3CC4)c3ccccc3)sc2C(=O)[O-])ccc1OC(F)F. The van der Waals surface area contributed by atoms with Gasteiger partial charge in [-0.15, -0.1) is 11.3 Å². The van der Waals surface area contributed by atoms with Crippen LogP contribution in [0.25, 0.3) is 0 Å². The Bertz CT molecular complexity index is 1900. The van der Waals surface area contributed by atoms with Crippen LogP contribution in [0.15, 0.2) is 67.0 Å². The van der Waals surface area contributed by atoms with Gasteiger partial charge in [0.15, 0.2) is 11.5 Å². The monoisotopic (exact) mass is 789 g/mol. The van der Waals surface area contributed by atoms with Gasteiger partial charge in [0, 0.05) is 34.2 Å². The molecule has 2 aromatic carbocycles. The van der Waals surface area contributed by atoms with Gasteiger partial charge in [-0.1, -0.05) is 59.6 Å². The Hall–Kier alpha value is -4.01. The smallest absolute Gasteiger partial charge is 0.387 e. The van der Waals surface area contributed by atoms with Crippen molar-refractivity contribution in [3.63, 3.8) is 0 Å². The zero-order valence-electron chi connectivity index (χ0n) is 29.0. The number of hydrogen-bond donors (Lipinski definition) is 2. The molecule has 1 unspecified atom stereocenters. The molecular weight excluding hydrogens is 751 g/mol. The predicted octanol–water partition coefficient (Wildman–Crippen LogP) is 6.17. The second-order valence-electron chi connectivity index (χ2n) is 13.4. The number of aromatic nitrogens is 1. The van der Waals surface area contributed by atoms with Gasteiger partial charge >= 0.3 is 12.6 Å². The van der Waals surface area contributed by atoms with E-state index in [0.717, 1.165) is 37.3 Å². The summed E-state index contributed by atoms with van der Waals surface area (Å²) in [5.41, 5.74) is 1.92. The normalized spacial score (nSPS) is 19.3. The van der Waals surface area contributed by atoms with E-state index in [-0.39, 0.29) is 45.5 Å². The summed E-state index contributed by atoms with van der Waals surface area (Å²) in [4.78, 5) is 29.3. The zero-order valence-corrected chi connectivity index (χ0v) is 31.3. The second-order valence-corrected chi connectivity index (χ2v) is 15.4. The lowest BCUT2D eigenvalue weighted by atomic mass is 9.85. The van der Waals surface area contributed by atoms with Gasteiger partial charge in [-0.05, 0) is 87.0 Å². The van der Waals surface area contributed by atoms with Crippen LogP contribution >= 0.6 is 34.5 Å². The minimum absolute atomic E-state index is 0.0283. The van der Waals surface area contributed by atoms with Crippen LogP contribution in [-0.2, 0) is 22.5 Å². The van der Waals surface area contributed by atoms with E-state index in [1.54, 1.807) is 19.9 Å². The summed E-state index contributed by atoms with van der Waals surface area (Å²) in [6, 6.07) is 14.5. The quantitative estimate of drug-likeness (QED) is 0.0827. The first kappa shape index (κ1) is 38.7. The molecule has 282 valence electrons. The summed E-state index contributed by atoms with van der Waals surface area (Å²) in [5.74, 6) is -2.47. The van der Waals surface area contributed by atoms with E-state index in [9.17, 15) is 28.7 Å². The Kier molecular flexibility index (Phi) is 12.4. The number of carboxylic acid groups (broad SMARTS) is 1. The van der Waals surface area contributed by atoms with Gasteiger partial charge in [0.2, 0.25) is 12.4 Å². The van der Waals surface area contributed by atoms with E-state index < -0.39 is 36.6 Å². The molecule has 4 aromatic rings. The Labute approximate surface area is 319 Å². The van der Waals surface area contributed by atoms with Crippen molar-refractivity contribution in [2.24, 2.45) is 5.92 Å². The molecule has 3 saturated heterocycles. The number of fused-ring (bicyclic) bond motifs is 3. The first-order chi connectivity index (χ1) is 25.4. The Morgan fingerprint density at radius 2 is 1.72 bits per heavy atom. The third-order valence-electron chi connectivity index (χ3n) is 9.51. The summed E-state index contributed by atoms with van der Waals surface area (Å²) in [7, 11) is 0. The number of carboxylic acids is 1. The average Bonchev–Trinajstić information content (AvgIpc) is 3.54. The van der Waals surface area contributed by atoms with Crippen molar-refractivity contribution in [3.8, 4) is 11.5 Å². The highest BCUT2D eigenvalue weighted by Crippen LogP contribution is 2.41. The summed E-state index contributed by atoms with van der Waals surface area (Å²) >= 11 is 14.0. The molecule has 0 radical (unpaired) electrons. The standard InChI is InChI=1S/C38H39Cl2F2N3O7S/c1-21(2)50-32-14-24(8-9-31(32)52-38(41)42)26(16-28-29(39)18-45(49)19-30(28)40)27-15-25(53-35(27)36(46)47)17-43-34(23-6-4-3-5-7-23)37(48)51-33-20-44-12-10-22(33)11-13-44/h3-9,14-15,18-19,21-22,26,33-34,38,43H,10-13,16-17,20H2,1-2H3,(H-,46,47,49)/t26-,33-,34?/m0/s1. The van der Waals surface area contributed by atoms with E-state index in [1.165, 1.54) is 30.6 Å². The Balaban J connectivity index is 1.35.